The zero-order chi connectivity index (χ0) is 40.2. The summed E-state index contributed by atoms with van der Waals surface area (Å²) in [6.07, 6.45) is 39.2. The van der Waals surface area contributed by atoms with Crippen LogP contribution in [-0.2, 0) is 4.74 Å². The van der Waals surface area contributed by atoms with Crippen LogP contribution in [0, 0.1) is 23.7 Å². The normalized spacial score (nSPS) is 20.5. The van der Waals surface area contributed by atoms with Crippen molar-refractivity contribution in [1.82, 2.24) is 0 Å². The maximum absolute atomic E-state index is 6.52. The fourth-order valence-corrected chi connectivity index (χ4v) is 9.57. The second-order valence-electron chi connectivity index (χ2n) is 17.9. The highest BCUT2D eigenvalue weighted by atomic mass is 16.5. The van der Waals surface area contributed by atoms with Crippen molar-refractivity contribution in [3.05, 3.63) is 71.8 Å². The molecule has 2 saturated carbocycles. The number of ether oxygens (including phenoxy) is 3. The van der Waals surface area contributed by atoms with Crippen molar-refractivity contribution >= 4 is 11.1 Å². The third-order valence-electron chi connectivity index (χ3n) is 13.3. The highest BCUT2D eigenvalue weighted by Crippen LogP contribution is 2.41. The van der Waals surface area contributed by atoms with Crippen LogP contribution in [0.2, 0.25) is 0 Å². The number of allylic oxidation sites excluding steroid dienone is 2. The summed E-state index contributed by atoms with van der Waals surface area (Å²) in [4.78, 5) is 0. The molecule has 57 heavy (non-hydrogen) atoms. The van der Waals surface area contributed by atoms with E-state index >= 15 is 0 Å². The van der Waals surface area contributed by atoms with Gasteiger partial charge in [-0.05, 0) is 134 Å². The molecule has 320 valence electrons. The van der Waals surface area contributed by atoms with Gasteiger partial charge in [0, 0.05) is 0 Å². The van der Waals surface area contributed by atoms with E-state index in [0.717, 1.165) is 49.4 Å². The zero-order valence-electron chi connectivity index (χ0n) is 37.5. The van der Waals surface area contributed by atoms with E-state index in [1.54, 1.807) is 0 Å². The van der Waals surface area contributed by atoms with Gasteiger partial charge in [0.05, 0.1) is 26.4 Å². The number of rotatable bonds is 30. The van der Waals surface area contributed by atoms with Crippen LogP contribution in [0.1, 0.15) is 206 Å². The van der Waals surface area contributed by atoms with Crippen LogP contribution >= 0.6 is 0 Å². The van der Waals surface area contributed by atoms with Crippen molar-refractivity contribution < 1.29 is 14.2 Å². The molecule has 0 amide bonds. The number of hydrogen-bond donors (Lipinski definition) is 0. The maximum atomic E-state index is 6.52. The Hall–Kier alpha value is -2.52. The van der Waals surface area contributed by atoms with Crippen molar-refractivity contribution in [1.29, 1.82) is 0 Å². The van der Waals surface area contributed by atoms with Gasteiger partial charge in [-0.15, -0.1) is 0 Å². The van der Waals surface area contributed by atoms with Crippen LogP contribution in [0.25, 0.3) is 11.1 Å². The largest absolute Gasteiger partial charge is 0.494 e. The summed E-state index contributed by atoms with van der Waals surface area (Å²) in [5.74, 6) is 5.03. The van der Waals surface area contributed by atoms with Gasteiger partial charge in [0.15, 0.2) is 0 Å². The molecule has 0 spiro atoms. The van der Waals surface area contributed by atoms with Crippen LogP contribution in [0.4, 0.5) is 0 Å². The van der Waals surface area contributed by atoms with Gasteiger partial charge in [-0.3, -0.25) is 0 Å². The summed E-state index contributed by atoms with van der Waals surface area (Å²) in [6.45, 7) is 12.1. The lowest BCUT2D eigenvalue weighted by molar-refractivity contribution is 0.193. The predicted molar refractivity (Wildman–Crippen MR) is 247 cm³/mol. The van der Waals surface area contributed by atoms with Crippen LogP contribution in [0.5, 0.6) is 11.5 Å². The third-order valence-corrected chi connectivity index (χ3v) is 13.3. The van der Waals surface area contributed by atoms with Gasteiger partial charge >= 0.3 is 0 Å². The van der Waals surface area contributed by atoms with Gasteiger partial charge in [0.1, 0.15) is 11.5 Å². The molecule has 2 fully saturated rings. The molecule has 3 nitrogen and oxygen atoms in total. The Bertz CT molecular complexity index is 1220. The molecule has 3 heteroatoms. The van der Waals surface area contributed by atoms with Crippen LogP contribution in [0.3, 0.4) is 0 Å². The summed E-state index contributed by atoms with van der Waals surface area (Å²) < 4.78 is 18.8. The molecule has 0 atom stereocenters. The molecule has 0 heterocycles. The molecule has 0 aromatic heterocycles. The Morgan fingerprint density at radius 3 is 1.16 bits per heavy atom. The standard InChI is InChI=1S/C54H86O3/c1-5-9-13-15-19-41-56-51-35-31-49(32-36-51)53(47-27-23-45(24-28-47)21-17-11-7-3)39-43-55-44-40-54(48-29-25-46(26-30-48)22-18-12-8-4)50-33-37-52(38-34-50)57-42-20-16-14-10-6-2/h31-40,45-48H,5-30,41-44H2,1-4H3/t45-,46-,47-,48-. The molecule has 0 aliphatic heterocycles. The smallest absolute Gasteiger partial charge is 0.119 e. The zero-order valence-corrected chi connectivity index (χ0v) is 37.5. The molecule has 0 radical (unpaired) electrons. The minimum absolute atomic E-state index is 0.608. The van der Waals surface area contributed by atoms with E-state index in [2.05, 4.69) is 88.4 Å². The highest BCUT2D eigenvalue weighted by molar-refractivity contribution is 5.69. The van der Waals surface area contributed by atoms with Crippen molar-refractivity contribution in [3.63, 3.8) is 0 Å². The second-order valence-corrected chi connectivity index (χ2v) is 17.9. The van der Waals surface area contributed by atoms with E-state index in [1.807, 2.05) is 0 Å². The molecule has 4 rings (SSSR count). The first kappa shape index (κ1) is 47.2. The molecule has 2 aliphatic rings. The van der Waals surface area contributed by atoms with E-state index in [0.29, 0.717) is 25.0 Å². The summed E-state index contributed by atoms with van der Waals surface area (Å²) in [6, 6.07) is 18.0. The van der Waals surface area contributed by atoms with Gasteiger partial charge in [-0.2, -0.15) is 0 Å². The summed E-state index contributed by atoms with van der Waals surface area (Å²) in [5, 5.41) is 0. The molecule has 2 aromatic rings. The molecule has 0 bridgehead atoms. The fourth-order valence-electron chi connectivity index (χ4n) is 9.57. The van der Waals surface area contributed by atoms with Crippen molar-refractivity contribution in [2.75, 3.05) is 26.4 Å². The molecular formula is C54H86O3. The van der Waals surface area contributed by atoms with Crippen molar-refractivity contribution in [2.45, 2.75) is 195 Å². The van der Waals surface area contributed by atoms with E-state index in [4.69, 9.17) is 14.2 Å². The Balaban J connectivity index is 1.41. The first-order valence-electron chi connectivity index (χ1n) is 24.6. The minimum atomic E-state index is 0.608. The highest BCUT2D eigenvalue weighted by Gasteiger charge is 2.26. The van der Waals surface area contributed by atoms with Crippen molar-refractivity contribution in [2.24, 2.45) is 23.7 Å². The Labute approximate surface area is 352 Å². The van der Waals surface area contributed by atoms with E-state index < -0.39 is 0 Å². The van der Waals surface area contributed by atoms with Crippen molar-refractivity contribution in [3.8, 4) is 11.5 Å². The van der Waals surface area contributed by atoms with Crippen LogP contribution in [-0.4, -0.2) is 26.4 Å². The Morgan fingerprint density at radius 2 is 0.789 bits per heavy atom. The lowest BCUT2D eigenvalue weighted by Crippen LogP contribution is -2.17. The lowest BCUT2D eigenvalue weighted by Gasteiger charge is -2.31. The first-order chi connectivity index (χ1) is 28.1. The molecular weight excluding hydrogens is 697 g/mol. The maximum Gasteiger partial charge on any atom is 0.119 e. The van der Waals surface area contributed by atoms with Gasteiger partial charge in [0.25, 0.3) is 0 Å². The topological polar surface area (TPSA) is 27.7 Å². The second kappa shape index (κ2) is 29.7. The number of hydrogen-bond acceptors (Lipinski definition) is 3. The van der Waals surface area contributed by atoms with Crippen LogP contribution < -0.4 is 9.47 Å². The van der Waals surface area contributed by atoms with E-state index in [1.165, 1.54) is 176 Å². The van der Waals surface area contributed by atoms with Gasteiger partial charge in [-0.25, -0.2) is 0 Å². The predicted octanol–water partition coefficient (Wildman–Crippen LogP) is 16.6. The molecule has 0 saturated heterocycles. The minimum Gasteiger partial charge on any atom is -0.494 e. The quantitative estimate of drug-likeness (QED) is 0.0739. The Morgan fingerprint density at radius 1 is 0.439 bits per heavy atom. The Kier molecular flexibility index (Phi) is 24.5. The fraction of sp³-hybridized carbons (Fsp3) is 0.704. The van der Waals surface area contributed by atoms with Gasteiger partial charge in [-0.1, -0.05) is 167 Å². The SMILES string of the molecule is CCCCCCCOc1ccc(C(=CCOCC=C(c2ccc(OCCCCCCC)cc2)[C@H]2CC[C@H](CCCCC)CC2)[C@H]2CC[C@H](CCCCC)CC2)cc1. The molecule has 2 aromatic carbocycles. The summed E-state index contributed by atoms with van der Waals surface area (Å²) in [7, 11) is 0. The number of unbranched alkanes of at least 4 members (excludes halogenated alkanes) is 12. The third kappa shape index (κ3) is 18.5. The molecule has 2 aliphatic carbocycles. The first-order valence-corrected chi connectivity index (χ1v) is 24.6. The lowest BCUT2D eigenvalue weighted by atomic mass is 9.75. The average molecular weight is 783 g/mol. The van der Waals surface area contributed by atoms with Gasteiger partial charge in [0.2, 0.25) is 0 Å². The van der Waals surface area contributed by atoms with E-state index in [9.17, 15) is 0 Å². The van der Waals surface area contributed by atoms with Crippen LogP contribution in [0.15, 0.2) is 60.7 Å². The summed E-state index contributed by atoms with van der Waals surface area (Å²) in [5.41, 5.74) is 5.66. The monoisotopic (exact) mass is 783 g/mol. The van der Waals surface area contributed by atoms with Gasteiger partial charge < -0.3 is 14.2 Å². The average Bonchev–Trinajstić information content (AvgIpc) is 3.25. The molecule has 0 N–H and O–H groups in total. The molecule has 0 unspecified atom stereocenters. The van der Waals surface area contributed by atoms with E-state index in [-0.39, 0.29) is 0 Å². The summed E-state index contributed by atoms with van der Waals surface area (Å²) >= 11 is 0. The number of benzene rings is 2.